The van der Waals surface area contributed by atoms with Crippen LogP contribution in [0.5, 0.6) is 0 Å². The van der Waals surface area contributed by atoms with Crippen LogP contribution in [0, 0.1) is 0 Å². The summed E-state index contributed by atoms with van der Waals surface area (Å²) in [6.45, 7) is 0. The molecule has 5 nitrogen and oxygen atoms in total. The third-order valence-electron chi connectivity index (χ3n) is 3.56. The smallest absolute Gasteiger partial charge is 0.262 e. The maximum absolute atomic E-state index is 12.3. The Labute approximate surface area is 114 Å². The van der Waals surface area contributed by atoms with Crippen molar-refractivity contribution in [3.8, 4) is 0 Å². The molecule has 1 atom stereocenters. The minimum Gasteiger partial charge on any atom is -0.295 e. The fourth-order valence-electron chi connectivity index (χ4n) is 2.54. The van der Waals surface area contributed by atoms with Crippen molar-refractivity contribution in [1.29, 1.82) is 0 Å². The van der Waals surface area contributed by atoms with Crippen molar-refractivity contribution in [3.63, 3.8) is 0 Å². The van der Waals surface area contributed by atoms with E-state index in [4.69, 9.17) is 0 Å². The second-order valence-corrected chi connectivity index (χ2v) is 4.78. The molecule has 0 aromatic heterocycles. The minimum absolute atomic E-state index is 0.153. The summed E-state index contributed by atoms with van der Waals surface area (Å²) in [6, 6.07) is 5.60. The molecular formula is C15H11NO4. The average Bonchev–Trinajstić information content (AvgIpc) is 2.58. The largest absolute Gasteiger partial charge is 0.295 e. The number of amides is 2. The summed E-state index contributed by atoms with van der Waals surface area (Å²) in [5, 5.41) is 0. The number of imide groups is 1. The molecule has 0 saturated heterocycles. The molecule has 3 rings (SSSR count). The van der Waals surface area contributed by atoms with Crippen molar-refractivity contribution < 1.29 is 19.2 Å². The molecule has 1 heterocycles. The average molecular weight is 269 g/mol. The fourth-order valence-corrected chi connectivity index (χ4v) is 2.54. The van der Waals surface area contributed by atoms with Crippen LogP contribution in [0.2, 0.25) is 0 Å². The van der Waals surface area contributed by atoms with Gasteiger partial charge in [-0.3, -0.25) is 24.1 Å². The summed E-state index contributed by atoms with van der Waals surface area (Å²) < 4.78 is 0. The molecule has 0 bridgehead atoms. The van der Waals surface area contributed by atoms with E-state index in [1.54, 1.807) is 24.3 Å². The zero-order chi connectivity index (χ0) is 14.3. The van der Waals surface area contributed by atoms with E-state index >= 15 is 0 Å². The van der Waals surface area contributed by atoms with Crippen molar-refractivity contribution >= 4 is 23.4 Å². The molecule has 0 spiro atoms. The van der Waals surface area contributed by atoms with Crippen LogP contribution in [0.1, 0.15) is 33.6 Å². The molecule has 1 aliphatic carbocycles. The van der Waals surface area contributed by atoms with E-state index in [0.29, 0.717) is 11.1 Å². The summed E-state index contributed by atoms with van der Waals surface area (Å²) in [4.78, 5) is 48.9. The maximum Gasteiger partial charge on any atom is 0.262 e. The van der Waals surface area contributed by atoms with E-state index in [0.717, 1.165) is 11.0 Å². The lowest BCUT2D eigenvalue weighted by Gasteiger charge is -2.22. The summed E-state index contributed by atoms with van der Waals surface area (Å²) in [6.07, 6.45) is 2.69. The molecule has 100 valence electrons. The highest BCUT2D eigenvalue weighted by molar-refractivity contribution is 6.23. The van der Waals surface area contributed by atoms with Crippen LogP contribution in [0.4, 0.5) is 0 Å². The third kappa shape index (κ3) is 1.79. The first-order chi connectivity index (χ1) is 9.59. The lowest BCUT2D eigenvalue weighted by Crippen LogP contribution is -2.44. The van der Waals surface area contributed by atoms with E-state index < -0.39 is 17.9 Å². The highest BCUT2D eigenvalue weighted by atomic mass is 16.2. The van der Waals surface area contributed by atoms with Gasteiger partial charge in [0.1, 0.15) is 6.04 Å². The number of carbonyl (C=O) groups is 4. The molecule has 0 fully saturated rings. The van der Waals surface area contributed by atoms with Gasteiger partial charge in [0.25, 0.3) is 11.8 Å². The number of fused-ring (bicyclic) bond motifs is 1. The number of nitrogens with zero attached hydrogens (tertiary/aromatic N) is 1. The number of benzene rings is 1. The quantitative estimate of drug-likeness (QED) is 0.717. The Balaban J connectivity index is 1.98. The molecule has 1 unspecified atom stereocenters. The fraction of sp³-hybridized carbons (Fsp3) is 0.200. The predicted octanol–water partition coefficient (Wildman–Crippen LogP) is 1.14. The van der Waals surface area contributed by atoms with Crippen LogP contribution >= 0.6 is 0 Å². The molecule has 0 N–H and O–H groups in total. The molecule has 1 aromatic carbocycles. The van der Waals surface area contributed by atoms with Crippen LogP contribution < -0.4 is 0 Å². The second kappa shape index (κ2) is 4.52. The van der Waals surface area contributed by atoms with Crippen LogP contribution in [0.3, 0.4) is 0 Å². The molecular weight excluding hydrogens is 258 g/mol. The van der Waals surface area contributed by atoms with E-state index in [1.807, 2.05) is 0 Å². The van der Waals surface area contributed by atoms with Gasteiger partial charge in [0.15, 0.2) is 11.6 Å². The summed E-state index contributed by atoms with van der Waals surface area (Å²) in [5.74, 6) is -1.48. The number of rotatable bonds is 1. The van der Waals surface area contributed by atoms with Gasteiger partial charge in [0, 0.05) is 6.42 Å². The van der Waals surface area contributed by atoms with Crippen LogP contribution in [-0.2, 0) is 9.59 Å². The highest BCUT2D eigenvalue weighted by Crippen LogP contribution is 2.27. The lowest BCUT2D eigenvalue weighted by molar-refractivity contribution is -0.118. The van der Waals surface area contributed by atoms with Gasteiger partial charge in [-0.15, -0.1) is 0 Å². The van der Waals surface area contributed by atoms with Gasteiger partial charge < -0.3 is 0 Å². The Kier molecular flexibility index (Phi) is 2.82. The van der Waals surface area contributed by atoms with Gasteiger partial charge in [-0.2, -0.15) is 0 Å². The van der Waals surface area contributed by atoms with Crippen molar-refractivity contribution in [2.45, 2.75) is 18.9 Å². The number of hydrogen-bond acceptors (Lipinski definition) is 4. The Morgan fingerprint density at radius 3 is 2.10 bits per heavy atom. The van der Waals surface area contributed by atoms with Gasteiger partial charge in [0.05, 0.1) is 11.1 Å². The molecule has 1 aliphatic heterocycles. The number of hydrogen-bond donors (Lipinski definition) is 0. The van der Waals surface area contributed by atoms with Gasteiger partial charge >= 0.3 is 0 Å². The highest BCUT2D eigenvalue weighted by Gasteiger charge is 2.42. The van der Waals surface area contributed by atoms with Crippen LogP contribution in [-0.4, -0.2) is 34.3 Å². The molecule has 20 heavy (non-hydrogen) atoms. The van der Waals surface area contributed by atoms with Crippen molar-refractivity contribution in [1.82, 2.24) is 4.90 Å². The van der Waals surface area contributed by atoms with E-state index in [2.05, 4.69) is 0 Å². The maximum atomic E-state index is 12.3. The predicted molar refractivity (Wildman–Crippen MR) is 69.1 cm³/mol. The third-order valence-corrected chi connectivity index (χ3v) is 3.56. The standard InChI is InChI=1S/C15H11NO4/c17-9-5-7-12(13(18)8-6-9)16-14(19)10-3-1-2-4-11(10)15(16)20/h1-4,6,8,12H,5,7H2. The van der Waals surface area contributed by atoms with Crippen molar-refractivity contribution in [2.24, 2.45) is 0 Å². The molecule has 5 heteroatoms. The van der Waals surface area contributed by atoms with Gasteiger partial charge in [-0.1, -0.05) is 12.1 Å². The van der Waals surface area contributed by atoms with E-state index in [-0.39, 0.29) is 24.4 Å². The summed E-state index contributed by atoms with van der Waals surface area (Å²) in [5.41, 5.74) is 0.620. The summed E-state index contributed by atoms with van der Waals surface area (Å²) >= 11 is 0. The minimum atomic E-state index is -0.884. The zero-order valence-corrected chi connectivity index (χ0v) is 10.5. The van der Waals surface area contributed by atoms with E-state index in [1.165, 1.54) is 6.08 Å². The lowest BCUT2D eigenvalue weighted by atomic mass is 10.1. The SMILES string of the molecule is O=C1C=CC(=O)C(N2C(=O)c3ccccc3C2=O)CC1. The van der Waals surface area contributed by atoms with Gasteiger partial charge in [0.2, 0.25) is 0 Å². The molecule has 0 radical (unpaired) electrons. The first-order valence-electron chi connectivity index (χ1n) is 6.31. The van der Waals surface area contributed by atoms with Gasteiger partial charge in [-0.25, -0.2) is 0 Å². The molecule has 2 amide bonds. The molecule has 0 saturated carbocycles. The zero-order valence-electron chi connectivity index (χ0n) is 10.5. The van der Waals surface area contributed by atoms with Crippen LogP contribution in [0.25, 0.3) is 0 Å². The Bertz CT molecular complexity index is 639. The van der Waals surface area contributed by atoms with Gasteiger partial charge in [-0.05, 0) is 30.7 Å². The van der Waals surface area contributed by atoms with Crippen molar-refractivity contribution in [3.05, 3.63) is 47.5 Å². The van der Waals surface area contributed by atoms with Crippen LogP contribution in [0.15, 0.2) is 36.4 Å². The normalized spacial score (nSPS) is 22.2. The molecule has 2 aliphatic rings. The Morgan fingerprint density at radius 1 is 0.900 bits per heavy atom. The Hall–Kier alpha value is -2.56. The number of ketones is 2. The first kappa shape index (κ1) is 12.5. The molecule has 1 aromatic rings. The summed E-state index contributed by atoms with van der Waals surface area (Å²) in [7, 11) is 0. The first-order valence-corrected chi connectivity index (χ1v) is 6.31. The Morgan fingerprint density at radius 2 is 1.50 bits per heavy atom. The van der Waals surface area contributed by atoms with Crippen molar-refractivity contribution in [2.75, 3.05) is 0 Å². The van der Waals surface area contributed by atoms with E-state index in [9.17, 15) is 19.2 Å². The number of allylic oxidation sites excluding steroid dienone is 1. The monoisotopic (exact) mass is 269 g/mol. The second-order valence-electron chi connectivity index (χ2n) is 4.78. The number of carbonyl (C=O) groups excluding carboxylic acids is 4. The topological polar surface area (TPSA) is 71.5 Å².